The summed E-state index contributed by atoms with van der Waals surface area (Å²) in [7, 11) is 0. The van der Waals surface area contributed by atoms with Crippen molar-refractivity contribution in [3.63, 3.8) is 0 Å². The normalized spacial score (nSPS) is 16.0. The van der Waals surface area contributed by atoms with E-state index in [1.54, 1.807) is 4.90 Å². The zero-order valence-corrected chi connectivity index (χ0v) is 15.6. The number of hydrogen-bond acceptors (Lipinski definition) is 3. The molecule has 1 aliphatic heterocycles. The maximum Gasteiger partial charge on any atom is 0.253 e. The summed E-state index contributed by atoms with van der Waals surface area (Å²) in [5.41, 5.74) is 2.36. The molecule has 3 rings (SSSR count). The van der Waals surface area contributed by atoms with Gasteiger partial charge in [-0.3, -0.25) is 14.5 Å². The van der Waals surface area contributed by atoms with Crippen molar-refractivity contribution in [3.8, 4) is 0 Å². The van der Waals surface area contributed by atoms with Crippen molar-refractivity contribution in [2.75, 3.05) is 31.5 Å². The van der Waals surface area contributed by atoms with Gasteiger partial charge in [0.1, 0.15) is 5.82 Å². The fourth-order valence-corrected chi connectivity index (χ4v) is 3.22. The van der Waals surface area contributed by atoms with E-state index in [1.165, 1.54) is 24.3 Å². The number of aryl methyl sites for hydroxylation is 1. The van der Waals surface area contributed by atoms with E-state index in [9.17, 15) is 14.0 Å². The lowest BCUT2D eigenvalue weighted by Crippen LogP contribution is -2.54. The van der Waals surface area contributed by atoms with Crippen molar-refractivity contribution in [2.24, 2.45) is 0 Å². The Morgan fingerprint density at radius 2 is 1.70 bits per heavy atom. The number of anilines is 1. The summed E-state index contributed by atoms with van der Waals surface area (Å²) in [4.78, 5) is 28.8. The molecule has 1 unspecified atom stereocenters. The van der Waals surface area contributed by atoms with Gasteiger partial charge in [-0.2, -0.15) is 0 Å². The van der Waals surface area contributed by atoms with Crippen molar-refractivity contribution in [3.05, 3.63) is 65.5 Å². The Balaban J connectivity index is 1.54. The lowest BCUT2D eigenvalue weighted by molar-refractivity contribution is -0.121. The van der Waals surface area contributed by atoms with E-state index >= 15 is 0 Å². The third-order valence-corrected chi connectivity index (χ3v) is 4.91. The van der Waals surface area contributed by atoms with Crippen molar-refractivity contribution in [1.82, 2.24) is 9.80 Å². The summed E-state index contributed by atoms with van der Waals surface area (Å²) in [5.74, 6) is -0.518. The highest BCUT2D eigenvalue weighted by Gasteiger charge is 2.28. The summed E-state index contributed by atoms with van der Waals surface area (Å²) < 4.78 is 13.0. The third-order valence-electron chi connectivity index (χ3n) is 4.91. The molecule has 0 aromatic heterocycles. The quantitative estimate of drug-likeness (QED) is 0.902. The topological polar surface area (TPSA) is 52.7 Å². The Morgan fingerprint density at radius 3 is 2.33 bits per heavy atom. The number of benzene rings is 2. The Hall–Kier alpha value is -2.73. The number of carbonyl (C=O) groups excluding carboxylic acids is 2. The molecule has 0 saturated carbocycles. The number of hydrogen-bond donors (Lipinski definition) is 1. The number of nitrogens with zero attached hydrogens (tertiary/aromatic N) is 2. The predicted octanol–water partition coefficient (Wildman–Crippen LogP) is 2.92. The molecule has 0 radical (unpaired) electrons. The van der Waals surface area contributed by atoms with Crippen molar-refractivity contribution in [2.45, 2.75) is 19.9 Å². The molecule has 6 heteroatoms. The van der Waals surface area contributed by atoms with E-state index in [0.717, 1.165) is 11.3 Å². The molecule has 142 valence electrons. The van der Waals surface area contributed by atoms with Crippen LogP contribution in [0.2, 0.25) is 0 Å². The van der Waals surface area contributed by atoms with Gasteiger partial charge in [-0.05, 0) is 55.8 Å². The lowest BCUT2D eigenvalue weighted by Gasteiger charge is -2.37. The maximum atomic E-state index is 13.0. The second-order valence-corrected chi connectivity index (χ2v) is 6.87. The van der Waals surface area contributed by atoms with Gasteiger partial charge < -0.3 is 10.2 Å². The minimum atomic E-state index is -0.357. The average molecular weight is 369 g/mol. The van der Waals surface area contributed by atoms with Crippen LogP contribution in [0.3, 0.4) is 0 Å². The number of nitrogens with one attached hydrogen (secondary N) is 1. The molecule has 1 aliphatic rings. The molecule has 0 spiro atoms. The van der Waals surface area contributed by atoms with E-state index in [2.05, 4.69) is 10.2 Å². The number of rotatable bonds is 4. The molecule has 5 nitrogen and oxygen atoms in total. The summed E-state index contributed by atoms with van der Waals surface area (Å²) >= 11 is 0. The van der Waals surface area contributed by atoms with E-state index in [1.807, 2.05) is 38.1 Å². The summed E-state index contributed by atoms with van der Waals surface area (Å²) in [6, 6.07) is 13.0. The second-order valence-electron chi connectivity index (χ2n) is 6.87. The monoisotopic (exact) mass is 369 g/mol. The van der Waals surface area contributed by atoms with Crippen LogP contribution in [0.5, 0.6) is 0 Å². The lowest BCUT2D eigenvalue weighted by atomic mass is 10.1. The molecule has 2 amide bonds. The van der Waals surface area contributed by atoms with E-state index in [4.69, 9.17) is 0 Å². The van der Waals surface area contributed by atoms with E-state index in [0.29, 0.717) is 31.7 Å². The van der Waals surface area contributed by atoms with Crippen LogP contribution in [0, 0.1) is 12.7 Å². The molecule has 1 heterocycles. The Kier molecular flexibility index (Phi) is 5.86. The van der Waals surface area contributed by atoms with Gasteiger partial charge in [0.15, 0.2) is 0 Å². The largest absolute Gasteiger partial charge is 0.336 e. The van der Waals surface area contributed by atoms with Crippen LogP contribution in [0.25, 0.3) is 0 Å². The molecule has 1 fully saturated rings. The fraction of sp³-hybridized carbons (Fsp3) is 0.333. The van der Waals surface area contributed by atoms with Gasteiger partial charge in [0.05, 0.1) is 6.04 Å². The second kappa shape index (κ2) is 8.31. The van der Waals surface area contributed by atoms with Crippen LogP contribution in [-0.2, 0) is 4.79 Å². The first-order chi connectivity index (χ1) is 12.9. The molecule has 1 N–H and O–H groups in total. The van der Waals surface area contributed by atoms with E-state index in [-0.39, 0.29) is 23.7 Å². The Labute approximate surface area is 158 Å². The SMILES string of the molecule is Cc1cccc(NC(=O)C(C)N2CCN(C(=O)c3ccc(F)cc3)CC2)c1. The van der Waals surface area contributed by atoms with Crippen LogP contribution >= 0.6 is 0 Å². The third kappa shape index (κ3) is 4.71. The first kappa shape index (κ1) is 19.0. The van der Waals surface area contributed by atoms with Crippen molar-refractivity contribution in [1.29, 1.82) is 0 Å². The minimum Gasteiger partial charge on any atom is -0.336 e. The first-order valence-electron chi connectivity index (χ1n) is 9.10. The molecule has 2 aromatic rings. The minimum absolute atomic E-state index is 0.0566. The van der Waals surface area contributed by atoms with Gasteiger partial charge >= 0.3 is 0 Å². The maximum absolute atomic E-state index is 13.0. The van der Waals surface area contributed by atoms with Crippen LogP contribution in [-0.4, -0.2) is 53.8 Å². The molecule has 0 bridgehead atoms. The standard InChI is InChI=1S/C21H24FN3O2/c1-15-4-3-5-19(14-15)23-20(26)16(2)24-10-12-25(13-11-24)21(27)17-6-8-18(22)9-7-17/h3-9,14,16H,10-13H2,1-2H3,(H,23,26). The predicted molar refractivity (Wildman–Crippen MR) is 103 cm³/mol. The highest BCUT2D eigenvalue weighted by atomic mass is 19.1. The number of piperazine rings is 1. The number of amides is 2. The van der Waals surface area contributed by atoms with Gasteiger partial charge in [0.25, 0.3) is 5.91 Å². The summed E-state index contributed by atoms with van der Waals surface area (Å²) in [6.07, 6.45) is 0. The molecule has 27 heavy (non-hydrogen) atoms. The smallest absolute Gasteiger partial charge is 0.253 e. The van der Waals surface area contributed by atoms with Crippen LogP contribution in [0.4, 0.5) is 10.1 Å². The van der Waals surface area contributed by atoms with E-state index < -0.39 is 0 Å². The number of halogens is 1. The fourth-order valence-electron chi connectivity index (χ4n) is 3.22. The van der Waals surface area contributed by atoms with Crippen LogP contribution < -0.4 is 5.32 Å². The highest BCUT2D eigenvalue weighted by Crippen LogP contribution is 2.14. The molecule has 1 saturated heterocycles. The van der Waals surface area contributed by atoms with Crippen LogP contribution in [0.1, 0.15) is 22.8 Å². The first-order valence-corrected chi connectivity index (χ1v) is 9.10. The Morgan fingerprint density at radius 1 is 1.04 bits per heavy atom. The van der Waals surface area contributed by atoms with Crippen molar-refractivity contribution < 1.29 is 14.0 Å². The van der Waals surface area contributed by atoms with Gasteiger partial charge in [0, 0.05) is 37.4 Å². The molecular weight excluding hydrogens is 345 g/mol. The molecule has 1 atom stereocenters. The van der Waals surface area contributed by atoms with Gasteiger partial charge in [0.2, 0.25) is 5.91 Å². The van der Waals surface area contributed by atoms with Gasteiger partial charge in [-0.25, -0.2) is 4.39 Å². The summed E-state index contributed by atoms with van der Waals surface area (Å²) in [5, 5.41) is 2.95. The van der Waals surface area contributed by atoms with Gasteiger partial charge in [-0.1, -0.05) is 12.1 Å². The summed E-state index contributed by atoms with van der Waals surface area (Å²) in [6.45, 7) is 6.18. The van der Waals surface area contributed by atoms with Crippen molar-refractivity contribution >= 4 is 17.5 Å². The van der Waals surface area contributed by atoms with Crippen LogP contribution in [0.15, 0.2) is 48.5 Å². The highest BCUT2D eigenvalue weighted by molar-refractivity contribution is 5.95. The zero-order chi connectivity index (χ0) is 19.4. The molecular formula is C21H24FN3O2. The zero-order valence-electron chi connectivity index (χ0n) is 15.6. The number of carbonyl (C=O) groups is 2. The molecule has 0 aliphatic carbocycles. The Bertz CT molecular complexity index is 814. The van der Waals surface area contributed by atoms with Gasteiger partial charge in [-0.15, -0.1) is 0 Å². The average Bonchev–Trinajstić information content (AvgIpc) is 2.67. The molecule has 2 aromatic carbocycles.